The Morgan fingerprint density at radius 1 is 1.03 bits per heavy atom. The van der Waals surface area contributed by atoms with Crippen molar-refractivity contribution >= 4 is 10.0 Å². The van der Waals surface area contributed by atoms with Gasteiger partial charge in [-0.2, -0.15) is 18.3 Å². The van der Waals surface area contributed by atoms with Crippen molar-refractivity contribution in [3.8, 4) is 11.4 Å². The van der Waals surface area contributed by atoms with Crippen molar-refractivity contribution in [2.45, 2.75) is 30.5 Å². The molecular formula is C25H24F3N5O3S. The van der Waals surface area contributed by atoms with Crippen LogP contribution in [0.5, 0.6) is 0 Å². The van der Waals surface area contributed by atoms with Crippen LogP contribution in [0.2, 0.25) is 0 Å². The number of aryl methyl sites for hydroxylation is 2. The van der Waals surface area contributed by atoms with Crippen LogP contribution in [-0.4, -0.2) is 46.8 Å². The average molecular weight is 532 g/mol. The summed E-state index contributed by atoms with van der Waals surface area (Å²) in [6.07, 6.45) is -2.12. The summed E-state index contributed by atoms with van der Waals surface area (Å²) in [4.78, 5) is 13.7. The molecular weight excluding hydrogens is 507 g/mol. The molecule has 0 aliphatic carbocycles. The van der Waals surface area contributed by atoms with Gasteiger partial charge in [0.25, 0.3) is 10.0 Å². The maximum Gasteiger partial charge on any atom is 0.416 e. The summed E-state index contributed by atoms with van der Waals surface area (Å²) < 4.78 is 66.9. The van der Waals surface area contributed by atoms with E-state index in [2.05, 4.69) is 15.1 Å². The number of pyridine rings is 1. The molecule has 0 fully saturated rings. The standard InChI is InChI=1S/C25H24F3N5O3S/c1-32(36-2)37(34,35)22-11-9-19(10-12-22)24-30-23(17-18-6-5-7-20(16-18)25(26,27)28)31-33(24)15-13-21-8-3-4-14-29-21/h3-12,14,16H,13,15,17H2,1-2H3. The first-order valence-electron chi connectivity index (χ1n) is 11.2. The van der Waals surface area contributed by atoms with Gasteiger partial charge >= 0.3 is 6.18 Å². The van der Waals surface area contributed by atoms with Gasteiger partial charge in [0.15, 0.2) is 11.6 Å². The minimum atomic E-state index is -4.45. The number of aromatic nitrogens is 4. The lowest BCUT2D eigenvalue weighted by Crippen LogP contribution is -2.25. The summed E-state index contributed by atoms with van der Waals surface area (Å²) in [5.41, 5.74) is 1.13. The Morgan fingerprint density at radius 2 is 1.78 bits per heavy atom. The molecule has 0 bridgehead atoms. The van der Waals surface area contributed by atoms with Gasteiger partial charge in [0.05, 0.1) is 17.6 Å². The van der Waals surface area contributed by atoms with Crippen LogP contribution < -0.4 is 0 Å². The number of halogens is 3. The lowest BCUT2D eigenvalue weighted by atomic mass is 10.1. The Bertz CT molecular complexity index is 1460. The number of nitrogens with zero attached hydrogens (tertiary/aromatic N) is 5. The second-order valence-electron chi connectivity index (χ2n) is 8.14. The van der Waals surface area contributed by atoms with Crippen molar-refractivity contribution in [3.05, 3.63) is 95.6 Å². The second kappa shape index (κ2) is 10.8. The minimum Gasteiger partial charge on any atom is -0.288 e. The fourth-order valence-electron chi connectivity index (χ4n) is 3.66. The molecule has 2 aromatic carbocycles. The van der Waals surface area contributed by atoms with Gasteiger partial charge in [0, 0.05) is 43.9 Å². The van der Waals surface area contributed by atoms with Crippen molar-refractivity contribution in [2.24, 2.45) is 0 Å². The van der Waals surface area contributed by atoms with Crippen LogP contribution in [0.3, 0.4) is 0 Å². The Morgan fingerprint density at radius 3 is 2.43 bits per heavy atom. The summed E-state index contributed by atoms with van der Waals surface area (Å²) in [6, 6.07) is 16.7. The molecule has 4 aromatic rings. The predicted octanol–water partition coefficient (Wildman–Crippen LogP) is 4.37. The van der Waals surface area contributed by atoms with Gasteiger partial charge in [-0.1, -0.05) is 28.7 Å². The van der Waals surface area contributed by atoms with E-state index in [0.717, 1.165) is 22.3 Å². The van der Waals surface area contributed by atoms with Crippen LogP contribution in [0.15, 0.2) is 77.8 Å². The molecule has 0 N–H and O–H groups in total. The summed E-state index contributed by atoms with van der Waals surface area (Å²) in [7, 11) is -1.29. The van der Waals surface area contributed by atoms with Gasteiger partial charge in [-0.3, -0.25) is 9.82 Å². The number of rotatable bonds is 9. The highest BCUT2D eigenvalue weighted by Gasteiger charge is 2.30. The van der Waals surface area contributed by atoms with Gasteiger partial charge in [-0.15, -0.1) is 0 Å². The lowest BCUT2D eigenvalue weighted by molar-refractivity contribution is -0.137. The molecule has 4 rings (SSSR count). The number of sulfonamides is 1. The first-order valence-corrected chi connectivity index (χ1v) is 12.6. The van der Waals surface area contributed by atoms with Gasteiger partial charge in [-0.25, -0.2) is 18.1 Å². The van der Waals surface area contributed by atoms with Crippen LogP contribution in [-0.2, 0) is 40.4 Å². The molecule has 0 saturated carbocycles. The first-order chi connectivity index (χ1) is 17.6. The monoisotopic (exact) mass is 531 g/mol. The maximum absolute atomic E-state index is 13.2. The fraction of sp³-hybridized carbons (Fsp3) is 0.240. The molecule has 0 amide bonds. The fourth-order valence-corrected chi connectivity index (χ4v) is 4.64. The van der Waals surface area contributed by atoms with E-state index in [1.165, 1.54) is 32.4 Å². The Labute approximate surface area is 212 Å². The third-order valence-electron chi connectivity index (χ3n) is 5.64. The molecule has 2 aromatic heterocycles. The molecule has 37 heavy (non-hydrogen) atoms. The highest BCUT2D eigenvalue weighted by molar-refractivity contribution is 7.89. The molecule has 0 saturated heterocycles. The molecule has 0 spiro atoms. The quantitative estimate of drug-likeness (QED) is 0.298. The maximum atomic E-state index is 13.2. The zero-order valence-corrected chi connectivity index (χ0v) is 20.9. The zero-order chi connectivity index (χ0) is 26.6. The molecule has 0 aliphatic rings. The van der Waals surface area contributed by atoms with E-state index in [-0.39, 0.29) is 11.3 Å². The van der Waals surface area contributed by atoms with E-state index >= 15 is 0 Å². The summed E-state index contributed by atoms with van der Waals surface area (Å²) >= 11 is 0. The van der Waals surface area contributed by atoms with Gasteiger partial charge in [0.1, 0.15) is 0 Å². The van der Waals surface area contributed by atoms with Crippen molar-refractivity contribution in [1.82, 2.24) is 24.2 Å². The summed E-state index contributed by atoms with van der Waals surface area (Å²) in [5, 5.41) is 4.55. The van der Waals surface area contributed by atoms with Crippen LogP contribution in [0.1, 0.15) is 22.6 Å². The van der Waals surface area contributed by atoms with Crippen molar-refractivity contribution in [2.75, 3.05) is 14.2 Å². The summed E-state index contributed by atoms with van der Waals surface area (Å²) in [5.74, 6) is 0.799. The number of hydrogen-bond acceptors (Lipinski definition) is 6. The van der Waals surface area contributed by atoms with Crippen LogP contribution in [0.25, 0.3) is 11.4 Å². The van der Waals surface area contributed by atoms with E-state index in [4.69, 9.17) is 4.84 Å². The Hall–Kier alpha value is -3.61. The third-order valence-corrected chi connectivity index (χ3v) is 7.34. The summed E-state index contributed by atoms with van der Waals surface area (Å²) in [6.45, 7) is 0.411. The smallest absolute Gasteiger partial charge is 0.288 e. The molecule has 12 heteroatoms. The third kappa shape index (κ3) is 6.21. The van der Waals surface area contributed by atoms with E-state index in [1.807, 2.05) is 18.2 Å². The molecule has 194 valence electrons. The van der Waals surface area contributed by atoms with Gasteiger partial charge < -0.3 is 0 Å². The Balaban J connectivity index is 1.66. The van der Waals surface area contributed by atoms with Crippen LogP contribution >= 0.6 is 0 Å². The number of hydroxylamine groups is 1. The second-order valence-corrected chi connectivity index (χ2v) is 10.1. The predicted molar refractivity (Wildman–Crippen MR) is 130 cm³/mol. The van der Waals surface area contributed by atoms with E-state index in [9.17, 15) is 21.6 Å². The SMILES string of the molecule is CON(C)S(=O)(=O)c1ccc(-c2nc(Cc3cccc(C(F)(F)F)c3)nn2CCc2ccccn2)cc1. The van der Waals surface area contributed by atoms with Crippen molar-refractivity contribution < 1.29 is 26.4 Å². The topological polar surface area (TPSA) is 90.2 Å². The van der Waals surface area contributed by atoms with Gasteiger partial charge in [-0.05, 0) is 48.0 Å². The van der Waals surface area contributed by atoms with Crippen LogP contribution in [0.4, 0.5) is 13.2 Å². The molecule has 0 atom stereocenters. The van der Waals surface area contributed by atoms with E-state index in [1.54, 1.807) is 29.1 Å². The van der Waals surface area contributed by atoms with Crippen molar-refractivity contribution in [3.63, 3.8) is 0 Å². The van der Waals surface area contributed by atoms with Crippen molar-refractivity contribution in [1.29, 1.82) is 0 Å². The molecule has 0 radical (unpaired) electrons. The molecule has 2 heterocycles. The van der Waals surface area contributed by atoms with E-state index in [0.29, 0.717) is 35.7 Å². The number of benzene rings is 2. The Kier molecular flexibility index (Phi) is 7.71. The first kappa shape index (κ1) is 26.5. The van der Waals surface area contributed by atoms with E-state index < -0.39 is 21.8 Å². The normalized spacial score (nSPS) is 12.3. The minimum absolute atomic E-state index is 0.0318. The largest absolute Gasteiger partial charge is 0.416 e. The molecule has 8 nitrogen and oxygen atoms in total. The van der Waals surface area contributed by atoms with Crippen LogP contribution in [0, 0.1) is 0 Å². The van der Waals surface area contributed by atoms with Gasteiger partial charge in [0.2, 0.25) is 0 Å². The molecule has 0 unspecified atom stereocenters. The zero-order valence-electron chi connectivity index (χ0n) is 20.1. The molecule has 0 aliphatic heterocycles. The highest BCUT2D eigenvalue weighted by atomic mass is 32.2. The lowest BCUT2D eigenvalue weighted by Gasteiger charge is -2.14. The number of alkyl halides is 3. The average Bonchev–Trinajstić information content (AvgIpc) is 3.29. The highest BCUT2D eigenvalue weighted by Crippen LogP contribution is 2.30. The number of hydrogen-bond donors (Lipinski definition) is 0.